The van der Waals surface area contributed by atoms with Crippen LogP contribution in [0.1, 0.15) is 29.7 Å². The predicted molar refractivity (Wildman–Crippen MR) is 92.6 cm³/mol. The van der Waals surface area contributed by atoms with Gasteiger partial charge in [-0.1, -0.05) is 42.0 Å². The number of carbonyl (C=O) groups excluding carboxylic acids is 2. The van der Waals surface area contributed by atoms with Crippen molar-refractivity contribution >= 4 is 11.8 Å². The fraction of sp³-hybridized carbons (Fsp3) is 0.263. The summed E-state index contributed by atoms with van der Waals surface area (Å²) in [5, 5.41) is 5.31. The van der Waals surface area contributed by atoms with Crippen LogP contribution in [0.15, 0.2) is 48.5 Å². The van der Waals surface area contributed by atoms with Gasteiger partial charge in [0.2, 0.25) is 0 Å². The molecule has 5 nitrogen and oxygen atoms in total. The lowest BCUT2D eigenvalue weighted by molar-refractivity contribution is -0.139. The highest BCUT2D eigenvalue weighted by Crippen LogP contribution is 2.17. The lowest BCUT2D eigenvalue weighted by Gasteiger charge is -2.14. The summed E-state index contributed by atoms with van der Waals surface area (Å²) in [6.45, 7) is 4.15. The molecule has 0 radical (unpaired) electrons. The van der Waals surface area contributed by atoms with Gasteiger partial charge in [-0.15, -0.1) is 0 Å². The highest BCUT2D eigenvalue weighted by Gasteiger charge is 2.16. The van der Waals surface area contributed by atoms with Crippen LogP contribution in [-0.2, 0) is 16.1 Å². The largest absolute Gasteiger partial charge is 0.497 e. The van der Waals surface area contributed by atoms with E-state index in [1.54, 1.807) is 7.11 Å². The molecule has 2 aromatic rings. The lowest BCUT2D eigenvalue weighted by Crippen LogP contribution is -2.40. The number of benzene rings is 2. The summed E-state index contributed by atoms with van der Waals surface area (Å²) in [6.07, 6.45) is 0. The van der Waals surface area contributed by atoms with Crippen molar-refractivity contribution in [2.45, 2.75) is 26.4 Å². The second kappa shape index (κ2) is 8.15. The van der Waals surface area contributed by atoms with E-state index in [2.05, 4.69) is 10.6 Å². The van der Waals surface area contributed by atoms with E-state index in [-0.39, 0.29) is 6.04 Å². The van der Waals surface area contributed by atoms with Gasteiger partial charge in [0.05, 0.1) is 13.2 Å². The molecule has 24 heavy (non-hydrogen) atoms. The van der Waals surface area contributed by atoms with Crippen molar-refractivity contribution in [1.82, 2.24) is 10.6 Å². The third-order valence-corrected chi connectivity index (χ3v) is 3.74. The number of amides is 2. The Bertz CT molecular complexity index is 694. The monoisotopic (exact) mass is 326 g/mol. The van der Waals surface area contributed by atoms with Crippen LogP contribution in [0, 0.1) is 6.92 Å². The van der Waals surface area contributed by atoms with Gasteiger partial charge < -0.3 is 15.4 Å². The standard InChI is InChI=1S/C19H22N2O3/c1-13-4-6-15(7-5-13)12-20-18(22)19(23)21-14(2)16-8-10-17(24-3)11-9-16/h4-11,14H,12H2,1-3H3,(H,20,22)(H,21,23). The average molecular weight is 326 g/mol. The van der Waals surface area contributed by atoms with Crippen LogP contribution < -0.4 is 15.4 Å². The first kappa shape index (κ1) is 17.5. The lowest BCUT2D eigenvalue weighted by atomic mass is 10.1. The minimum atomic E-state index is -0.648. The summed E-state index contributed by atoms with van der Waals surface area (Å²) in [5.74, 6) is -0.547. The molecule has 2 amide bonds. The molecule has 5 heteroatoms. The van der Waals surface area contributed by atoms with Gasteiger partial charge in [0, 0.05) is 6.54 Å². The molecule has 0 aliphatic carbocycles. The van der Waals surface area contributed by atoms with Crippen LogP contribution in [0.5, 0.6) is 5.75 Å². The number of hydrogen-bond acceptors (Lipinski definition) is 3. The summed E-state index contributed by atoms with van der Waals surface area (Å²) in [7, 11) is 1.60. The molecule has 0 fully saturated rings. The van der Waals surface area contributed by atoms with Crippen molar-refractivity contribution in [1.29, 1.82) is 0 Å². The van der Waals surface area contributed by atoms with E-state index < -0.39 is 11.8 Å². The number of hydrogen-bond donors (Lipinski definition) is 2. The van der Waals surface area contributed by atoms with Crippen LogP contribution in [0.3, 0.4) is 0 Å². The molecule has 2 rings (SSSR count). The molecule has 1 unspecified atom stereocenters. The first-order valence-corrected chi connectivity index (χ1v) is 7.78. The SMILES string of the molecule is COc1ccc(C(C)NC(=O)C(=O)NCc2ccc(C)cc2)cc1. The molecule has 0 saturated heterocycles. The molecule has 126 valence electrons. The van der Waals surface area contributed by atoms with Crippen LogP contribution >= 0.6 is 0 Å². The quantitative estimate of drug-likeness (QED) is 0.830. The molecular formula is C19H22N2O3. The fourth-order valence-electron chi connectivity index (χ4n) is 2.21. The number of ether oxygens (including phenoxy) is 1. The summed E-state index contributed by atoms with van der Waals surface area (Å²) < 4.78 is 5.10. The smallest absolute Gasteiger partial charge is 0.309 e. The Morgan fingerprint density at radius 1 is 1.00 bits per heavy atom. The molecule has 2 aromatic carbocycles. The van der Waals surface area contributed by atoms with Gasteiger partial charge in [-0.2, -0.15) is 0 Å². The fourth-order valence-corrected chi connectivity index (χ4v) is 2.21. The third kappa shape index (κ3) is 4.84. The molecular weight excluding hydrogens is 304 g/mol. The predicted octanol–water partition coefficient (Wildman–Crippen LogP) is 2.50. The Balaban J connectivity index is 1.85. The van der Waals surface area contributed by atoms with Gasteiger partial charge in [0.25, 0.3) is 0 Å². The van der Waals surface area contributed by atoms with Gasteiger partial charge >= 0.3 is 11.8 Å². The normalized spacial score (nSPS) is 11.5. The zero-order chi connectivity index (χ0) is 17.5. The molecule has 0 saturated carbocycles. The number of aryl methyl sites for hydroxylation is 1. The van der Waals surface area contributed by atoms with Crippen LogP contribution in [-0.4, -0.2) is 18.9 Å². The molecule has 2 N–H and O–H groups in total. The van der Waals surface area contributed by atoms with Crippen molar-refractivity contribution < 1.29 is 14.3 Å². The molecule has 0 aromatic heterocycles. The zero-order valence-electron chi connectivity index (χ0n) is 14.1. The van der Waals surface area contributed by atoms with Crippen LogP contribution in [0.2, 0.25) is 0 Å². The number of methoxy groups -OCH3 is 1. The molecule has 1 atom stereocenters. The van der Waals surface area contributed by atoms with Gasteiger partial charge in [-0.3, -0.25) is 9.59 Å². The maximum Gasteiger partial charge on any atom is 0.309 e. The van der Waals surface area contributed by atoms with Gasteiger partial charge in [0.15, 0.2) is 0 Å². The van der Waals surface area contributed by atoms with Crippen molar-refractivity contribution in [3.8, 4) is 5.75 Å². The molecule has 0 aliphatic heterocycles. The summed E-state index contributed by atoms with van der Waals surface area (Å²) in [6, 6.07) is 14.8. The van der Waals surface area contributed by atoms with Gasteiger partial charge in [-0.25, -0.2) is 0 Å². The second-order valence-electron chi connectivity index (χ2n) is 5.64. The Morgan fingerprint density at radius 3 is 2.21 bits per heavy atom. The number of carbonyl (C=O) groups is 2. The first-order chi connectivity index (χ1) is 11.5. The van der Waals surface area contributed by atoms with E-state index in [0.29, 0.717) is 6.54 Å². The van der Waals surface area contributed by atoms with E-state index in [1.165, 1.54) is 0 Å². The first-order valence-electron chi connectivity index (χ1n) is 7.78. The minimum absolute atomic E-state index is 0.270. The van der Waals surface area contributed by atoms with Crippen molar-refractivity contribution in [2.24, 2.45) is 0 Å². The summed E-state index contributed by atoms with van der Waals surface area (Å²) in [4.78, 5) is 23.9. The minimum Gasteiger partial charge on any atom is -0.497 e. The van der Waals surface area contributed by atoms with Crippen molar-refractivity contribution in [3.63, 3.8) is 0 Å². The Kier molecular flexibility index (Phi) is 5.95. The zero-order valence-corrected chi connectivity index (χ0v) is 14.1. The van der Waals surface area contributed by atoms with E-state index in [4.69, 9.17) is 4.74 Å². The molecule has 0 spiro atoms. The highest BCUT2D eigenvalue weighted by molar-refractivity contribution is 6.35. The van der Waals surface area contributed by atoms with Crippen molar-refractivity contribution in [2.75, 3.05) is 7.11 Å². The van der Waals surface area contributed by atoms with E-state index in [1.807, 2.05) is 62.4 Å². The highest BCUT2D eigenvalue weighted by atomic mass is 16.5. The molecule has 0 bridgehead atoms. The second-order valence-corrected chi connectivity index (χ2v) is 5.64. The van der Waals surface area contributed by atoms with E-state index in [0.717, 1.165) is 22.4 Å². The topological polar surface area (TPSA) is 67.4 Å². The Labute approximate surface area is 142 Å². The van der Waals surface area contributed by atoms with Crippen LogP contribution in [0.25, 0.3) is 0 Å². The number of nitrogens with one attached hydrogen (secondary N) is 2. The molecule has 0 heterocycles. The van der Waals surface area contributed by atoms with E-state index >= 15 is 0 Å². The Hall–Kier alpha value is -2.82. The maximum atomic E-state index is 12.0. The average Bonchev–Trinajstić information content (AvgIpc) is 2.60. The van der Waals surface area contributed by atoms with Crippen LogP contribution in [0.4, 0.5) is 0 Å². The van der Waals surface area contributed by atoms with Gasteiger partial charge in [-0.05, 0) is 37.1 Å². The third-order valence-electron chi connectivity index (χ3n) is 3.74. The van der Waals surface area contributed by atoms with E-state index in [9.17, 15) is 9.59 Å². The summed E-state index contributed by atoms with van der Waals surface area (Å²) in [5.41, 5.74) is 3.00. The van der Waals surface area contributed by atoms with Gasteiger partial charge in [0.1, 0.15) is 5.75 Å². The summed E-state index contributed by atoms with van der Waals surface area (Å²) >= 11 is 0. The Morgan fingerprint density at radius 2 is 1.62 bits per heavy atom. The maximum absolute atomic E-state index is 12.0. The number of rotatable bonds is 5. The van der Waals surface area contributed by atoms with Crippen molar-refractivity contribution in [3.05, 3.63) is 65.2 Å². The molecule has 0 aliphatic rings.